The summed E-state index contributed by atoms with van der Waals surface area (Å²) in [5, 5.41) is 6.15. The summed E-state index contributed by atoms with van der Waals surface area (Å²) in [6, 6.07) is 0.229. The molecule has 1 saturated heterocycles. The van der Waals surface area contributed by atoms with Gasteiger partial charge >= 0.3 is 6.09 Å². The lowest BCUT2D eigenvalue weighted by atomic mass is 9.85. The summed E-state index contributed by atoms with van der Waals surface area (Å²) in [6.45, 7) is 4.77. The average Bonchev–Trinajstić information content (AvgIpc) is 2.53. The van der Waals surface area contributed by atoms with Crippen LogP contribution in [0.25, 0.3) is 0 Å². The molecule has 0 aromatic heterocycles. The van der Waals surface area contributed by atoms with Crippen molar-refractivity contribution >= 4 is 18.0 Å². The first-order valence-corrected chi connectivity index (χ1v) is 9.36. The minimum absolute atomic E-state index is 0.176. The first-order chi connectivity index (χ1) is 12.1. The van der Waals surface area contributed by atoms with Crippen molar-refractivity contribution in [2.75, 3.05) is 32.8 Å². The van der Waals surface area contributed by atoms with Gasteiger partial charge in [0.25, 0.3) is 0 Å². The fourth-order valence-electron chi connectivity index (χ4n) is 2.98. The maximum Gasteiger partial charge on any atom is 0.409 e. The third kappa shape index (κ3) is 6.43. The molecule has 25 heavy (non-hydrogen) atoms. The molecule has 0 atom stereocenters. The monoisotopic (exact) mass is 353 g/mol. The summed E-state index contributed by atoms with van der Waals surface area (Å²) in [6.07, 6.45) is 5.40. The highest BCUT2D eigenvalue weighted by atomic mass is 16.6. The Labute approximate surface area is 149 Å². The molecule has 4 N–H and O–H groups in total. The SMILES string of the molecule is CCOC(=O)N1CCC(NC(N)=NCCCNC(=O)C2CCC2)CC1. The van der Waals surface area contributed by atoms with Crippen LogP contribution >= 0.6 is 0 Å². The van der Waals surface area contributed by atoms with Crippen LogP contribution in [0.4, 0.5) is 4.79 Å². The molecule has 0 aromatic carbocycles. The number of hydrogen-bond acceptors (Lipinski definition) is 4. The molecule has 8 heteroatoms. The molecule has 1 aliphatic heterocycles. The van der Waals surface area contributed by atoms with Crippen LogP contribution in [0.15, 0.2) is 4.99 Å². The van der Waals surface area contributed by atoms with Gasteiger partial charge in [0.15, 0.2) is 5.96 Å². The van der Waals surface area contributed by atoms with E-state index in [9.17, 15) is 9.59 Å². The molecule has 0 bridgehead atoms. The predicted molar refractivity (Wildman–Crippen MR) is 96.2 cm³/mol. The maximum atomic E-state index is 11.7. The van der Waals surface area contributed by atoms with Gasteiger partial charge < -0.3 is 26.0 Å². The minimum Gasteiger partial charge on any atom is -0.450 e. The second-order valence-electron chi connectivity index (χ2n) is 6.64. The van der Waals surface area contributed by atoms with Gasteiger partial charge in [0, 0.05) is 38.1 Å². The highest BCUT2D eigenvalue weighted by molar-refractivity contribution is 5.79. The lowest BCUT2D eigenvalue weighted by molar-refractivity contribution is -0.127. The molecule has 0 spiro atoms. The van der Waals surface area contributed by atoms with Gasteiger partial charge in [-0.1, -0.05) is 6.42 Å². The van der Waals surface area contributed by atoms with E-state index in [2.05, 4.69) is 15.6 Å². The van der Waals surface area contributed by atoms with Gasteiger partial charge in [0.05, 0.1) is 6.61 Å². The Morgan fingerprint density at radius 2 is 1.96 bits per heavy atom. The number of ether oxygens (including phenoxy) is 1. The third-order valence-corrected chi connectivity index (χ3v) is 4.77. The van der Waals surface area contributed by atoms with E-state index in [1.807, 2.05) is 6.92 Å². The number of aliphatic imine (C=N–C) groups is 1. The van der Waals surface area contributed by atoms with Crippen molar-refractivity contribution in [1.29, 1.82) is 0 Å². The van der Waals surface area contributed by atoms with Crippen molar-refractivity contribution in [3.8, 4) is 0 Å². The number of amides is 2. The summed E-state index contributed by atoms with van der Waals surface area (Å²) in [4.78, 5) is 29.4. The van der Waals surface area contributed by atoms with E-state index >= 15 is 0 Å². The first-order valence-electron chi connectivity index (χ1n) is 9.36. The number of piperidine rings is 1. The van der Waals surface area contributed by atoms with Crippen LogP contribution in [-0.2, 0) is 9.53 Å². The van der Waals surface area contributed by atoms with Crippen molar-refractivity contribution in [1.82, 2.24) is 15.5 Å². The number of hydrogen-bond donors (Lipinski definition) is 3. The van der Waals surface area contributed by atoms with Gasteiger partial charge in [-0.05, 0) is 39.0 Å². The quantitative estimate of drug-likeness (QED) is 0.357. The fourth-order valence-corrected chi connectivity index (χ4v) is 2.98. The van der Waals surface area contributed by atoms with E-state index in [1.165, 1.54) is 6.42 Å². The molecule has 2 amide bonds. The third-order valence-electron chi connectivity index (χ3n) is 4.77. The Bertz CT molecular complexity index is 471. The van der Waals surface area contributed by atoms with E-state index < -0.39 is 0 Å². The number of nitrogens with zero attached hydrogens (tertiary/aromatic N) is 2. The average molecular weight is 353 g/mol. The van der Waals surface area contributed by atoms with E-state index in [-0.39, 0.29) is 24.0 Å². The van der Waals surface area contributed by atoms with Crippen LogP contribution in [0.5, 0.6) is 0 Å². The summed E-state index contributed by atoms with van der Waals surface area (Å²) < 4.78 is 5.00. The highest BCUT2D eigenvalue weighted by Crippen LogP contribution is 2.26. The van der Waals surface area contributed by atoms with Crippen molar-refractivity contribution in [3.05, 3.63) is 0 Å². The van der Waals surface area contributed by atoms with Gasteiger partial charge in [-0.2, -0.15) is 0 Å². The Morgan fingerprint density at radius 1 is 1.24 bits per heavy atom. The molecule has 2 rings (SSSR count). The van der Waals surface area contributed by atoms with Gasteiger partial charge in [-0.25, -0.2) is 4.79 Å². The number of nitrogens with two attached hydrogens (primary N) is 1. The smallest absolute Gasteiger partial charge is 0.409 e. The van der Waals surface area contributed by atoms with Gasteiger partial charge in [0.2, 0.25) is 5.91 Å². The lowest BCUT2D eigenvalue weighted by Gasteiger charge is -2.31. The Kier molecular flexibility index (Phi) is 7.81. The molecular weight excluding hydrogens is 322 g/mol. The number of likely N-dealkylation sites (tertiary alicyclic amines) is 1. The minimum atomic E-state index is -0.244. The van der Waals surface area contributed by atoms with Gasteiger partial charge in [-0.3, -0.25) is 9.79 Å². The van der Waals surface area contributed by atoms with Crippen LogP contribution in [0, 0.1) is 5.92 Å². The maximum absolute atomic E-state index is 11.7. The van der Waals surface area contributed by atoms with Gasteiger partial charge in [-0.15, -0.1) is 0 Å². The van der Waals surface area contributed by atoms with Crippen LogP contribution in [0.1, 0.15) is 45.4 Å². The lowest BCUT2D eigenvalue weighted by Crippen LogP contribution is -2.48. The normalized spacial score (nSPS) is 19.2. The number of rotatable bonds is 7. The highest BCUT2D eigenvalue weighted by Gasteiger charge is 2.25. The van der Waals surface area contributed by atoms with Crippen molar-refractivity contribution < 1.29 is 14.3 Å². The zero-order valence-corrected chi connectivity index (χ0v) is 15.1. The second kappa shape index (κ2) is 10.1. The molecule has 0 radical (unpaired) electrons. The Morgan fingerprint density at radius 3 is 2.56 bits per heavy atom. The fraction of sp³-hybridized carbons (Fsp3) is 0.824. The van der Waals surface area contributed by atoms with Crippen molar-refractivity contribution in [2.45, 2.75) is 51.5 Å². The predicted octanol–water partition coefficient (Wildman–Crippen LogP) is 0.818. The molecular formula is C17H31N5O3. The zero-order valence-electron chi connectivity index (χ0n) is 15.1. The molecule has 2 aliphatic rings. The van der Waals surface area contributed by atoms with Crippen molar-refractivity contribution in [2.24, 2.45) is 16.6 Å². The standard InChI is InChI=1S/C17H31N5O3/c1-2-25-17(24)22-11-7-14(8-12-22)21-16(18)20-10-4-9-19-15(23)13-5-3-6-13/h13-14H,2-12H2,1H3,(H,19,23)(H3,18,20,21). The summed E-state index contributed by atoms with van der Waals surface area (Å²) >= 11 is 0. The first kappa shape index (κ1) is 19.3. The Balaban J connectivity index is 1.55. The molecule has 8 nitrogen and oxygen atoms in total. The number of carbonyl (C=O) groups is 2. The summed E-state index contributed by atoms with van der Waals surface area (Å²) in [5.41, 5.74) is 5.91. The van der Waals surface area contributed by atoms with E-state index in [4.69, 9.17) is 10.5 Å². The van der Waals surface area contributed by atoms with E-state index in [0.717, 1.165) is 32.1 Å². The molecule has 142 valence electrons. The molecule has 2 fully saturated rings. The summed E-state index contributed by atoms with van der Waals surface area (Å²) in [7, 11) is 0. The van der Waals surface area contributed by atoms with Crippen molar-refractivity contribution in [3.63, 3.8) is 0 Å². The van der Waals surface area contributed by atoms with Crippen LogP contribution < -0.4 is 16.4 Å². The summed E-state index contributed by atoms with van der Waals surface area (Å²) in [5.74, 6) is 0.838. The van der Waals surface area contributed by atoms with E-state index in [1.54, 1.807) is 4.90 Å². The molecule has 1 saturated carbocycles. The van der Waals surface area contributed by atoms with Gasteiger partial charge in [0.1, 0.15) is 0 Å². The number of nitrogens with one attached hydrogen (secondary N) is 2. The second-order valence-corrected chi connectivity index (χ2v) is 6.64. The molecule has 1 aliphatic carbocycles. The van der Waals surface area contributed by atoms with Crippen LogP contribution in [0.2, 0.25) is 0 Å². The molecule has 0 unspecified atom stereocenters. The Hall–Kier alpha value is -1.99. The van der Waals surface area contributed by atoms with E-state index in [0.29, 0.717) is 38.7 Å². The number of guanidine groups is 1. The zero-order chi connectivity index (χ0) is 18.1. The molecule has 1 heterocycles. The number of carbonyl (C=O) groups excluding carboxylic acids is 2. The molecule has 0 aromatic rings. The topological polar surface area (TPSA) is 109 Å². The van der Waals surface area contributed by atoms with Crippen LogP contribution in [0.3, 0.4) is 0 Å². The van der Waals surface area contributed by atoms with Crippen LogP contribution in [-0.4, -0.2) is 61.7 Å². The largest absolute Gasteiger partial charge is 0.450 e.